The number of hydrogen-bond donors (Lipinski definition) is 1. The molecule has 0 bridgehead atoms. The van der Waals surface area contributed by atoms with E-state index in [1.54, 1.807) is 7.11 Å². The lowest BCUT2D eigenvalue weighted by atomic mass is 10.2. The van der Waals surface area contributed by atoms with E-state index in [0.717, 1.165) is 30.4 Å². The zero-order valence-electron chi connectivity index (χ0n) is 14.3. The number of amides is 1. The van der Waals surface area contributed by atoms with Gasteiger partial charge < -0.3 is 19.1 Å². The second-order valence-corrected chi connectivity index (χ2v) is 6.00. The van der Waals surface area contributed by atoms with E-state index in [0.29, 0.717) is 25.4 Å². The lowest BCUT2D eigenvalue weighted by Gasteiger charge is -2.32. The molecule has 0 unspecified atom stereocenters. The summed E-state index contributed by atoms with van der Waals surface area (Å²) in [5.41, 5.74) is 1.36. The minimum atomic E-state index is -0.167. The number of fused-ring (bicyclic) bond motifs is 1. The Kier molecular flexibility index (Phi) is 4.96. The first-order valence-electron chi connectivity index (χ1n) is 8.09. The molecule has 0 saturated heterocycles. The molecule has 1 amide bonds. The van der Waals surface area contributed by atoms with E-state index in [2.05, 4.69) is 31.8 Å². The van der Waals surface area contributed by atoms with Crippen LogP contribution in [0.3, 0.4) is 0 Å². The second-order valence-electron chi connectivity index (χ2n) is 6.00. The average molecular weight is 333 g/mol. The van der Waals surface area contributed by atoms with Crippen LogP contribution in [0.15, 0.2) is 16.8 Å². The minimum Gasteiger partial charge on any atom is -0.383 e. The number of rotatable bonds is 6. The zero-order valence-corrected chi connectivity index (χ0v) is 14.3. The van der Waals surface area contributed by atoms with Crippen molar-refractivity contribution < 1.29 is 14.1 Å². The monoisotopic (exact) mass is 333 g/mol. The highest BCUT2D eigenvalue weighted by atomic mass is 16.5. The molecule has 3 heterocycles. The van der Waals surface area contributed by atoms with Crippen molar-refractivity contribution >= 4 is 5.91 Å². The smallest absolute Gasteiger partial charge is 0.271 e. The highest BCUT2D eigenvalue weighted by Gasteiger charge is 2.28. The SMILES string of the molecule is COCCNC(=O)c1cn2c(n1)[C@H](C)N(Cc1cc(C)on1)CC2. The summed E-state index contributed by atoms with van der Waals surface area (Å²) in [5, 5.41) is 6.86. The van der Waals surface area contributed by atoms with Crippen LogP contribution in [0, 0.1) is 6.92 Å². The molecule has 1 N–H and O–H groups in total. The standard InChI is InChI=1S/C16H23N5O3/c1-11-8-13(19-24-11)9-20-5-6-21-10-14(18-15(21)12(20)2)16(22)17-4-7-23-3/h8,10,12H,4-7,9H2,1-3H3,(H,17,22)/t12-/m0/s1. The van der Waals surface area contributed by atoms with E-state index in [9.17, 15) is 4.79 Å². The Balaban J connectivity index is 1.68. The van der Waals surface area contributed by atoms with Crippen molar-refractivity contribution in [2.75, 3.05) is 26.8 Å². The van der Waals surface area contributed by atoms with Crippen LogP contribution in [0.1, 0.15) is 40.7 Å². The molecule has 1 aliphatic rings. The lowest BCUT2D eigenvalue weighted by Crippen LogP contribution is -2.36. The van der Waals surface area contributed by atoms with Crippen molar-refractivity contribution in [3.8, 4) is 0 Å². The first-order chi connectivity index (χ1) is 11.6. The van der Waals surface area contributed by atoms with Crippen LogP contribution in [0.5, 0.6) is 0 Å². The molecule has 1 atom stereocenters. The Morgan fingerprint density at radius 3 is 3.04 bits per heavy atom. The van der Waals surface area contributed by atoms with Gasteiger partial charge in [0.05, 0.1) is 18.3 Å². The third-order valence-electron chi connectivity index (χ3n) is 4.22. The quantitative estimate of drug-likeness (QED) is 0.798. The van der Waals surface area contributed by atoms with Gasteiger partial charge in [-0.05, 0) is 13.8 Å². The highest BCUT2D eigenvalue weighted by molar-refractivity contribution is 5.92. The largest absolute Gasteiger partial charge is 0.383 e. The fourth-order valence-corrected chi connectivity index (χ4v) is 2.92. The molecule has 130 valence electrons. The maximum atomic E-state index is 12.1. The summed E-state index contributed by atoms with van der Waals surface area (Å²) in [7, 11) is 1.61. The van der Waals surface area contributed by atoms with Crippen molar-refractivity contribution in [2.45, 2.75) is 33.0 Å². The summed E-state index contributed by atoms with van der Waals surface area (Å²) < 4.78 is 12.1. The van der Waals surface area contributed by atoms with Gasteiger partial charge in [-0.25, -0.2) is 4.98 Å². The number of carbonyl (C=O) groups excluding carboxylic acids is 1. The number of hydrogen-bond acceptors (Lipinski definition) is 6. The van der Waals surface area contributed by atoms with Gasteiger partial charge in [-0.2, -0.15) is 0 Å². The molecule has 0 aromatic carbocycles. The van der Waals surface area contributed by atoms with Crippen LogP contribution in [0.4, 0.5) is 0 Å². The van der Waals surface area contributed by atoms with Gasteiger partial charge in [0.15, 0.2) is 0 Å². The van der Waals surface area contributed by atoms with E-state index in [1.165, 1.54) is 0 Å². The van der Waals surface area contributed by atoms with Crippen LogP contribution >= 0.6 is 0 Å². The molecule has 2 aromatic heterocycles. The molecule has 1 aliphatic heterocycles. The maximum Gasteiger partial charge on any atom is 0.271 e. The molecule has 0 saturated carbocycles. The molecule has 0 spiro atoms. The van der Waals surface area contributed by atoms with E-state index in [4.69, 9.17) is 9.26 Å². The van der Waals surface area contributed by atoms with Gasteiger partial charge in [0.25, 0.3) is 5.91 Å². The van der Waals surface area contributed by atoms with Crippen molar-refractivity contribution in [3.05, 3.63) is 35.2 Å². The van der Waals surface area contributed by atoms with Gasteiger partial charge >= 0.3 is 0 Å². The summed E-state index contributed by atoms with van der Waals surface area (Å²) in [6.45, 7) is 7.33. The number of methoxy groups -OCH3 is 1. The van der Waals surface area contributed by atoms with Crippen molar-refractivity contribution in [1.82, 2.24) is 24.9 Å². The van der Waals surface area contributed by atoms with Crippen molar-refractivity contribution in [3.63, 3.8) is 0 Å². The summed E-state index contributed by atoms with van der Waals surface area (Å²) in [6.07, 6.45) is 1.82. The summed E-state index contributed by atoms with van der Waals surface area (Å²) in [4.78, 5) is 19.0. The molecular weight excluding hydrogens is 310 g/mol. The molecule has 2 aromatic rings. The van der Waals surface area contributed by atoms with Gasteiger partial charge in [-0.15, -0.1) is 0 Å². The molecule has 8 heteroatoms. The van der Waals surface area contributed by atoms with Crippen molar-refractivity contribution in [2.24, 2.45) is 0 Å². The van der Waals surface area contributed by atoms with E-state index >= 15 is 0 Å². The second kappa shape index (κ2) is 7.14. The normalized spacial score (nSPS) is 17.7. The summed E-state index contributed by atoms with van der Waals surface area (Å²) in [6, 6.07) is 2.05. The number of carbonyl (C=O) groups is 1. The molecule has 0 fully saturated rings. The lowest BCUT2D eigenvalue weighted by molar-refractivity contribution is 0.0932. The van der Waals surface area contributed by atoms with Gasteiger partial charge in [0.2, 0.25) is 0 Å². The first kappa shape index (κ1) is 16.7. The predicted molar refractivity (Wildman–Crippen MR) is 86.5 cm³/mol. The van der Waals surface area contributed by atoms with Gasteiger partial charge in [0, 0.05) is 45.6 Å². The number of aryl methyl sites for hydroxylation is 1. The molecule has 0 aliphatic carbocycles. The van der Waals surface area contributed by atoms with E-state index < -0.39 is 0 Å². The van der Waals surface area contributed by atoms with E-state index in [1.807, 2.05) is 19.2 Å². The number of imidazole rings is 1. The molecule has 8 nitrogen and oxygen atoms in total. The zero-order chi connectivity index (χ0) is 17.1. The molecule has 3 rings (SSSR count). The van der Waals surface area contributed by atoms with Gasteiger partial charge in [0.1, 0.15) is 17.3 Å². The van der Waals surface area contributed by atoms with Crippen LogP contribution in [-0.4, -0.2) is 52.3 Å². The first-order valence-corrected chi connectivity index (χ1v) is 8.09. The topological polar surface area (TPSA) is 85.4 Å². The van der Waals surface area contributed by atoms with Crippen molar-refractivity contribution in [1.29, 1.82) is 0 Å². The Morgan fingerprint density at radius 1 is 1.50 bits per heavy atom. The Hall–Kier alpha value is -2.19. The van der Waals surface area contributed by atoms with Gasteiger partial charge in [-0.3, -0.25) is 9.69 Å². The Morgan fingerprint density at radius 2 is 2.33 bits per heavy atom. The van der Waals surface area contributed by atoms with Gasteiger partial charge in [-0.1, -0.05) is 5.16 Å². The third-order valence-corrected chi connectivity index (χ3v) is 4.22. The third kappa shape index (κ3) is 3.49. The fourth-order valence-electron chi connectivity index (χ4n) is 2.92. The Bertz CT molecular complexity index is 708. The fraction of sp³-hybridized carbons (Fsp3) is 0.562. The molecular formula is C16H23N5O3. The number of aromatic nitrogens is 3. The highest BCUT2D eigenvalue weighted by Crippen LogP contribution is 2.26. The number of ether oxygens (including phenoxy) is 1. The average Bonchev–Trinajstić information content (AvgIpc) is 3.17. The predicted octanol–water partition coefficient (Wildman–Crippen LogP) is 1.13. The molecule has 0 radical (unpaired) electrons. The van der Waals surface area contributed by atoms with Crippen LogP contribution < -0.4 is 5.32 Å². The maximum absolute atomic E-state index is 12.1. The van der Waals surface area contributed by atoms with Crippen LogP contribution in [0.2, 0.25) is 0 Å². The Labute approximate surface area is 140 Å². The summed E-state index contributed by atoms with van der Waals surface area (Å²) in [5.74, 6) is 1.55. The number of nitrogens with zero attached hydrogens (tertiary/aromatic N) is 4. The summed E-state index contributed by atoms with van der Waals surface area (Å²) >= 11 is 0. The molecule has 24 heavy (non-hydrogen) atoms. The number of nitrogens with one attached hydrogen (secondary N) is 1. The minimum absolute atomic E-state index is 0.108. The van der Waals surface area contributed by atoms with E-state index in [-0.39, 0.29) is 11.9 Å². The van der Waals surface area contributed by atoms with Crippen LogP contribution in [-0.2, 0) is 17.8 Å². The van der Waals surface area contributed by atoms with Crippen LogP contribution in [0.25, 0.3) is 0 Å².